The molecule has 98 heavy (non-hydrogen) atoms. The summed E-state index contributed by atoms with van der Waals surface area (Å²) in [6.07, 6.45) is 54.2. The summed E-state index contributed by atoms with van der Waals surface area (Å²) in [6.45, 7) is 14.2. The van der Waals surface area contributed by atoms with Crippen molar-refractivity contribution in [3.8, 4) is 0 Å². The Morgan fingerprint density at radius 1 is 0.286 bits per heavy atom. The second kappa shape index (κ2) is 68.2. The van der Waals surface area contributed by atoms with E-state index in [9.17, 15) is 43.2 Å². The van der Waals surface area contributed by atoms with Crippen LogP contribution in [-0.4, -0.2) is 96.7 Å². The Hall–Kier alpha value is -1.94. The molecule has 0 fully saturated rings. The van der Waals surface area contributed by atoms with Crippen molar-refractivity contribution in [1.29, 1.82) is 0 Å². The molecule has 0 bridgehead atoms. The lowest BCUT2D eigenvalue weighted by atomic mass is 10.00. The maximum atomic E-state index is 13.1. The highest BCUT2D eigenvalue weighted by atomic mass is 31.2. The van der Waals surface area contributed by atoms with E-state index >= 15 is 0 Å². The number of unbranched alkanes of at least 4 members (excludes halogenated alkanes) is 41. The van der Waals surface area contributed by atoms with E-state index in [0.717, 1.165) is 120 Å². The lowest BCUT2D eigenvalue weighted by Crippen LogP contribution is -2.30. The highest BCUT2D eigenvalue weighted by molar-refractivity contribution is 7.47. The van der Waals surface area contributed by atoms with Crippen LogP contribution >= 0.6 is 15.6 Å². The molecule has 0 aromatic heterocycles. The molecule has 0 aliphatic rings. The van der Waals surface area contributed by atoms with Crippen molar-refractivity contribution in [2.75, 3.05) is 39.6 Å². The molecule has 0 aromatic carbocycles. The number of phosphoric acid groups is 2. The van der Waals surface area contributed by atoms with Gasteiger partial charge in [0.05, 0.1) is 26.4 Å². The molecule has 0 saturated carbocycles. The standard InChI is InChI=1S/C79H154O17P2/c1-9-72(8)58-50-42-37-38-44-52-60-77(82)90-66-75(96-79(84)62-53-45-35-27-23-19-15-11-10-13-17-21-25-31-39-47-55-69(2)3)68-94-98(87,88)92-64-73(80)63-91-97(85,86)93-67-74(65-89-76(81)59-51-43-34-30-29-33-41-49-57-71(6)7)95-78(83)61-54-46-36-28-24-20-16-12-14-18-22-26-32-40-48-56-70(4)5/h69-75,80H,9-68H2,1-8H3,(H,85,86)(H,87,88)/t72?,73-,74-,75-/m1/s1. The van der Waals surface area contributed by atoms with Crippen molar-refractivity contribution in [2.24, 2.45) is 23.7 Å². The number of rotatable bonds is 76. The number of phosphoric ester groups is 2. The Kier molecular flexibility index (Phi) is 66.8. The highest BCUT2D eigenvalue weighted by Crippen LogP contribution is 2.45. The summed E-state index contributed by atoms with van der Waals surface area (Å²) in [6, 6.07) is 0. The van der Waals surface area contributed by atoms with Crippen LogP contribution in [0, 0.1) is 23.7 Å². The Bertz CT molecular complexity index is 1920. The van der Waals surface area contributed by atoms with Crippen molar-refractivity contribution in [1.82, 2.24) is 0 Å². The normalized spacial score (nSPS) is 14.3. The molecule has 0 saturated heterocycles. The van der Waals surface area contributed by atoms with Gasteiger partial charge in [-0.15, -0.1) is 0 Å². The molecule has 0 aromatic rings. The van der Waals surface area contributed by atoms with E-state index in [1.54, 1.807) is 0 Å². The lowest BCUT2D eigenvalue weighted by Gasteiger charge is -2.21. The third kappa shape index (κ3) is 71.1. The van der Waals surface area contributed by atoms with Crippen molar-refractivity contribution in [3.05, 3.63) is 0 Å². The van der Waals surface area contributed by atoms with Crippen LogP contribution in [0.3, 0.4) is 0 Å². The van der Waals surface area contributed by atoms with Gasteiger partial charge in [0.2, 0.25) is 0 Å². The molecule has 3 unspecified atom stereocenters. The molecule has 3 N–H and O–H groups in total. The van der Waals surface area contributed by atoms with Crippen molar-refractivity contribution in [2.45, 2.75) is 420 Å². The molecule has 582 valence electrons. The average Bonchev–Trinajstić information content (AvgIpc) is 0.933. The number of carbonyl (C=O) groups excluding carboxylic acids is 4. The van der Waals surface area contributed by atoms with Gasteiger partial charge in [-0.05, 0) is 49.4 Å². The van der Waals surface area contributed by atoms with Crippen molar-refractivity contribution < 1.29 is 80.2 Å². The number of esters is 4. The van der Waals surface area contributed by atoms with E-state index in [1.807, 2.05) is 0 Å². The Morgan fingerprint density at radius 2 is 0.490 bits per heavy atom. The van der Waals surface area contributed by atoms with Gasteiger partial charge in [0.25, 0.3) is 0 Å². The van der Waals surface area contributed by atoms with E-state index in [-0.39, 0.29) is 25.7 Å². The number of hydrogen-bond donors (Lipinski definition) is 3. The largest absolute Gasteiger partial charge is 0.472 e. The van der Waals surface area contributed by atoms with Crippen LogP contribution in [-0.2, 0) is 65.4 Å². The molecular weight excluding hydrogens is 1280 g/mol. The molecule has 0 spiro atoms. The zero-order chi connectivity index (χ0) is 72.4. The summed E-state index contributed by atoms with van der Waals surface area (Å²) < 4.78 is 68.6. The molecule has 0 heterocycles. The first kappa shape index (κ1) is 96.1. The van der Waals surface area contributed by atoms with E-state index < -0.39 is 97.5 Å². The van der Waals surface area contributed by atoms with Gasteiger partial charge in [-0.3, -0.25) is 37.3 Å². The topological polar surface area (TPSA) is 237 Å². The third-order valence-electron chi connectivity index (χ3n) is 18.7. The molecule has 0 aliphatic heterocycles. The van der Waals surface area contributed by atoms with Crippen LogP contribution in [0.2, 0.25) is 0 Å². The van der Waals surface area contributed by atoms with E-state index in [0.29, 0.717) is 25.7 Å². The molecular formula is C79H154O17P2. The van der Waals surface area contributed by atoms with E-state index in [2.05, 4.69) is 55.4 Å². The zero-order valence-electron chi connectivity index (χ0n) is 64.4. The smallest absolute Gasteiger partial charge is 0.462 e. The first-order valence-corrected chi connectivity index (χ1v) is 43.7. The van der Waals surface area contributed by atoms with Crippen LogP contribution in [0.5, 0.6) is 0 Å². The summed E-state index contributed by atoms with van der Waals surface area (Å²) in [4.78, 5) is 72.9. The summed E-state index contributed by atoms with van der Waals surface area (Å²) in [5.74, 6) is 0.950. The first-order valence-electron chi connectivity index (χ1n) is 40.7. The number of carbonyl (C=O) groups is 4. The van der Waals surface area contributed by atoms with Gasteiger partial charge in [-0.2, -0.15) is 0 Å². The number of aliphatic hydroxyl groups excluding tert-OH is 1. The highest BCUT2D eigenvalue weighted by Gasteiger charge is 2.30. The summed E-state index contributed by atoms with van der Waals surface area (Å²) in [5.41, 5.74) is 0. The minimum atomic E-state index is -4.96. The maximum absolute atomic E-state index is 13.1. The van der Waals surface area contributed by atoms with Gasteiger partial charge >= 0.3 is 39.5 Å². The minimum Gasteiger partial charge on any atom is -0.462 e. The number of hydrogen-bond acceptors (Lipinski definition) is 15. The fraction of sp³-hybridized carbons (Fsp3) is 0.949. The van der Waals surface area contributed by atoms with Gasteiger partial charge in [-0.25, -0.2) is 9.13 Å². The predicted octanol–water partition coefficient (Wildman–Crippen LogP) is 23.2. The summed E-state index contributed by atoms with van der Waals surface area (Å²) in [5, 5.41) is 10.6. The van der Waals surface area contributed by atoms with E-state index in [4.69, 9.17) is 37.0 Å². The maximum Gasteiger partial charge on any atom is 0.472 e. The minimum absolute atomic E-state index is 0.107. The van der Waals surface area contributed by atoms with Gasteiger partial charge in [0.1, 0.15) is 19.3 Å². The van der Waals surface area contributed by atoms with Crippen LogP contribution in [0.15, 0.2) is 0 Å². The Balaban J connectivity index is 5.21. The third-order valence-corrected chi connectivity index (χ3v) is 20.6. The second-order valence-electron chi connectivity index (χ2n) is 30.1. The van der Waals surface area contributed by atoms with Gasteiger partial charge in [0, 0.05) is 25.7 Å². The molecule has 0 amide bonds. The molecule has 19 heteroatoms. The molecule has 0 rings (SSSR count). The average molecular weight is 1440 g/mol. The molecule has 0 radical (unpaired) electrons. The summed E-state index contributed by atoms with van der Waals surface area (Å²) >= 11 is 0. The van der Waals surface area contributed by atoms with Gasteiger partial charge < -0.3 is 33.8 Å². The molecule has 0 aliphatic carbocycles. The van der Waals surface area contributed by atoms with Crippen molar-refractivity contribution >= 4 is 39.5 Å². The fourth-order valence-corrected chi connectivity index (χ4v) is 13.6. The van der Waals surface area contributed by atoms with Crippen LogP contribution in [0.25, 0.3) is 0 Å². The summed E-state index contributed by atoms with van der Waals surface area (Å²) in [7, 11) is -9.92. The van der Waals surface area contributed by atoms with Crippen LogP contribution < -0.4 is 0 Å². The van der Waals surface area contributed by atoms with Gasteiger partial charge in [0.15, 0.2) is 12.2 Å². The number of aliphatic hydroxyl groups is 1. The first-order chi connectivity index (χ1) is 47.1. The van der Waals surface area contributed by atoms with E-state index in [1.165, 1.54) is 199 Å². The zero-order valence-corrected chi connectivity index (χ0v) is 66.2. The fourth-order valence-electron chi connectivity index (χ4n) is 12.0. The number of ether oxygens (including phenoxy) is 4. The van der Waals surface area contributed by atoms with Crippen LogP contribution in [0.4, 0.5) is 0 Å². The Morgan fingerprint density at radius 3 is 0.724 bits per heavy atom. The second-order valence-corrected chi connectivity index (χ2v) is 33.0. The molecule has 6 atom stereocenters. The quantitative estimate of drug-likeness (QED) is 0.0222. The lowest BCUT2D eigenvalue weighted by molar-refractivity contribution is -0.161. The monoisotopic (exact) mass is 1440 g/mol. The molecule has 17 nitrogen and oxygen atoms in total. The van der Waals surface area contributed by atoms with Crippen LogP contribution in [0.1, 0.15) is 402 Å². The predicted molar refractivity (Wildman–Crippen MR) is 400 cm³/mol. The van der Waals surface area contributed by atoms with Crippen molar-refractivity contribution in [3.63, 3.8) is 0 Å². The van der Waals surface area contributed by atoms with Gasteiger partial charge in [-0.1, -0.05) is 351 Å². The SMILES string of the molecule is CCC(C)CCCCCCCCC(=O)OC[C@H](COP(=O)(O)OC[C@H](O)COP(=O)(O)OC[C@@H](COC(=O)CCCCCCCCCCC(C)C)OC(=O)CCCCCCCCCCCCCCCCCC(C)C)OC(=O)CCCCCCCCCCCCCCCCCCC(C)C. The Labute approximate surface area is 600 Å².